The first-order valence-electron chi connectivity index (χ1n) is 8.22. The summed E-state index contributed by atoms with van der Waals surface area (Å²) < 4.78 is 1.99. The molecule has 0 aliphatic heterocycles. The highest BCUT2D eigenvalue weighted by molar-refractivity contribution is 7.99. The molecule has 0 radical (unpaired) electrons. The zero-order valence-corrected chi connectivity index (χ0v) is 16.7. The van der Waals surface area contributed by atoms with Crippen molar-refractivity contribution in [3.63, 3.8) is 0 Å². The van der Waals surface area contributed by atoms with Crippen LogP contribution in [-0.4, -0.2) is 36.6 Å². The van der Waals surface area contributed by atoms with Crippen LogP contribution in [-0.2, 0) is 11.2 Å². The number of hydrogen-bond acceptors (Lipinski definition) is 7. The van der Waals surface area contributed by atoms with Gasteiger partial charge in [-0.3, -0.25) is 14.7 Å². The number of carbonyl (C=O) groups is 1. The van der Waals surface area contributed by atoms with Crippen molar-refractivity contribution in [3.05, 3.63) is 40.2 Å². The van der Waals surface area contributed by atoms with E-state index in [9.17, 15) is 4.79 Å². The van der Waals surface area contributed by atoms with Crippen molar-refractivity contribution < 1.29 is 4.79 Å². The zero-order valence-electron chi connectivity index (χ0n) is 15.1. The van der Waals surface area contributed by atoms with Crippen molar-refractivity contribution in [2.24, 2.45) is 0 Å². The first-order chi connectivity index (χ1) is 12.5. The highest BCUT2D eigenvalue weighted by Crippen LogP contribution is 2.25. The number of benzene rings is 1. The van der Waals surface area contributed by atoms with Gasteiger partial charge in [0.05, 0.1) is 11.4 Å². The predicted octanol–water partition coefficient (Wildman–Crippen LogP) is 3.34. The van der Waals surface area contributed by atoms with Crippen LogP contribution in [0.2, 0.25) is 0 Å². The molecule has 0 spiro atoms. The molecule has 7 nitrogen and oxygen atoms in total. The molecule has 2 heterocycles. The lowest BCUT2D eigenvalue weighted by molar-refractivity contribution is -0.113. The first kappa shape index (κ1) is 18.5. The number of carbonyl (C=O) groups excluding carboxylic acids is 1. The van der Waals surface area contributed by atoms with Crippen LogP contribution in [0.25, 0.3) is 5.69 Å². The van der Waals surface area contributed by atoms with Crippen molar-refractivity contribution >= 4 is 34.1 Å². The van der Waals surface area contributed by atoms with Gasteiger partial charge in [0.1, 0.15) is 10.8 Å². The molecule has 0 aliphatic carbocycles. The van der Waals surface area contributed by atoms with Crippen molar-refractivity contribution in [2.75, 3.05) is 11.1 Å². The number of anilines is 1. The molecule has 1 aromatic carbocycles. The van der Waals surface area contributed by atoms with E-state index >= 15 is 0 Å². The van der Waals surface area contributed by atoms with E-state index in [1.54, 1.807) is 0 Å². The molecule has 0 fully saturated rings. The molecule has 0 bridgehead atoms. The molecule has 3 aromatic rings. The Labute approximate surface area is 160 Å². The summed E-state index contributed by atoms with van der Waals surface area (Å²) in [5, 5.41) is 21.3. The number of thioether (sulfide) groups is 1. The third-order valence-corrected chi connectivity index (χ3v) is 5.66. The Hall–Kier alpha value is -2.26. The average Bonchev–Trinajstić information content (AvgIpc) is 3.21. The number of aromatic nitrogens is 5. The molecule has 9 heteroatoms. The minimum absolute atomic E-state index is 0.137. The number of aryl methyl sites for hydroxylation is 4. The number of nitrogens with one attached hydrogen (secondary N) is 1. The fourth-order valence-corrected chi connectivity index (χ4v) is 3.89. The van der Waals surface area contributed by atoms with Crippen LogP contribution in [0.1, 0.15) is 28.9 Å². The maximum atomic E-state index is 12.2. The van der Waals surface area contributed by atoms with Crippen LogP contribution >= 0.6 is 23.1 Å². The molecule has 0 unspecified atom stereocenters. The van der Waals surface area contributed by atoms with Gasteiger partial charge in [0, 0.05) is 0 Å². The van der Waals surface area contributed by atoms with Gasteiger partial charge < -0.3 is 0 Å². The van der Waals surface area contributed by atoms with Gasteiger partial charge in [-0.1, -0.05) is 42.2 Å². The Morgan fingerprint density at radius 2 is 2.00 bits per heavy atom. The second-order valence-corrected chi connectivity index (χ2v) is 7.85. The summed E-state index contributed by atoms with van der Waals surface area (Å²) in [4.78, 5) is 12.2. The molecule has 136 valence electrons. The van der Waals surface area contributed by atoms with Gasteiger partial charge >= 0.3 is 0 Å². The standard InChI is InChI=1S/C17H20N6OS2/c1-5-15-20-21-16(26-15)18-14(24)9-25-17-22-19-12(4)23(17)13-8-10(2)6-7-11(13)3/h6-8H,5,9H2,1-4H3,(H,18,21,24). The lowest BCUT2D eigenvalue weighted by Crippen LogP contribution is -2.14. The van der Waals surface area contributed by atoms with Crippen LogP contribution in [0.3, 0.4) is 0 Å². The first-order valence-corrected chi connectivity index (χ1v) is 10.0. The van der Waals surface area contributed by atoms with E-state index in [-0.39, 0.29) is 11.7 Å². The summed E-state index contributed by atoms with van der Waals surface area (Å²) in [6, 6.07) is 6.25. The van der Waals surface area contributed by atoms with Gasteiger partial charge in [-0.2, -0.15) is 0 Å². The molecule has 0 saturated carbocycles. The summed E-state index contributed by atoms with van der Waals surface area (Å²) in [6.45, 7) is 8.02. The van der Waals surface area contributed by atoms with E-state index in [0.717, 1.165) is 34.1 Å². The Kier molecular flexibility index (Phi) is 5.67. The Morgan fingerprint density at radius 3 is 2.73 bits per heavy atom. The number of nitrogens with zero attached hydrogens (tertiary/aromatic N) is 5. The van der Waals surface area contributed by atoms with Crippen LogP contribution in [0, 0.1) is 20.8 Å². The van der Waals surface area contributed by atoms with E-state index in [1.807, 2.05) is 18.4 Å². The topological polar surface area (TPSA) is 85.6 Å². The Balaban J connectivity index is 1.73. The maximum Gasteiger partial charge on any atom is 0.236 e. The van der Waals surface area contributed by atoms with Gasteiger partial charge in [-0.15, -0.1) is 20.4 Å². The monoisotopic (exact) mass is 388 g/mol. The summed E-state index contributed by atoms with van der Waals surface area (Å²) in [5.74, 6) is 0.879. The van der Waals surface area contributed by atoms with Gasteiger partial charge in [-0.25, -0.2) is 0 Å². The zero-order chi connectivity index (χ0) is 18.7. The van der Waals surface area contributed by atoms with Crippen LogP contribution in [0.15, 0.2) is 23.4 Å². The summed E-state index contributed by atoms with van der Waals surface area (Å²) >= 11 is 2.74. The third kappa shape index (κ3) is 4.10. The molecular formula is C17H20N6OS2. The molecule has 3 rings (SSSR count). The van der Waals surface area contributed by atoms with Crippen molar-refractivity contribution in [1.82, 2.24) is 25.0 Å². The van der Waals surface area contributed by atoms with E-state index in [0.29, 0.717) is 10.3 Å². The number of amides is 1. The summed E-state index contributed by atoms with van der Waals surface area (Å²) in [6.07, 6.45) is 0.806. The minimum Gasteiger partial charge on any atom is -0.300 e. The van der Waals surface area contributed by atoms with Crippen molar-refractivity contribution in [3.8, 4) is 5.69 Å². The van der Waals surface area contributed by atoms with Crippen molar-refractivity contribution in [2.45, 2.75) is 39.3 Å². The second kappa shape index (κ2) is 7.96. The second-order valence-electron chi connectivity index (χ2n) is 5.85. The van der Waals surface area contributed by atoms with Crippen molar-refractivity contribution in [1.29, 1.82) is 0 Å². The van der Waals surface area contributed by atoms with E-state index < -0.39 is 0 Å². The van der Waals surface area contributed by atoms with Crippen LogP contribution in [0.5, 0.6) is 0 Å². The SMILES string of the molecule is CCc1nnc(NC(=O)CSc2nnc(C)n2-c2cc(C)ccc2C)s1. The van der Waals surface area contributed by atoms with Gasteiger partial charge in [0.2, 0.25) is 11.0 Å². The lowest BCUT2D eigenvalue weighted by Gasteiger charge is -2.12. The Bertz CT molecular complexity index is 933. The maximum absolute atomic E-state index is 12.2. The molecule has 1 N–H and O–H groups in total. The molecular weight excluding hydrogens is 368 g/mol. The normalized spacial score (nSPS) is 10.9. The third-order valence-electron chi connectivity index (χ3n) is 3.75. The highest BCUT2D eigenvalue weighted by atomic mass is 32.2. The lowest BCUT2D eigenvalue weighted by atomic mass is 10.1. The quantitative estimate of drug-likeness (QED) is 0.652. The smallest absolute Gasteiger partial charge is 0.236 e. The fraction of sp³-hybridized carbons (Fsp3) is 0.353. The molecule has 0 atom stereocenters. The molecule has 0 saturated heterocycles. The fourth-order valence-electron chi connectivity index (χ4n) is 2.41. The van der Waals surface area contributed by atoms with E-state index in [4.69, 9.17) is 0 Å². The van der Waals surface area contributed by atoms with Crippen LogP contribution < -0.4 is 5.32 Å². The van der Waals surface area contributed by atoms with Gasteiger partial charge in [0.25, 0.3) is 0 Å². The van der Waals surface area contributed by atoms with Crippen LogP contribution in [0.4, 0.5) is 5.13 Å². The predicted molar refractivity (Wildman–Crippen MR) is 104 cm³/mol. The largest absolute Gasteiger partial charge is 0.300 e. The van der Waals surface area contributed by atoms with E-state index in [2.05, 4.69) is 57.8 Å². The molecule has 1 amide bonds. The molecule has 26 heavy (non-hydrogen) atoms. The molecule has 0 aliphatic rings. The van der Waals surface area contributed by atoms with Gasteiger partial charge in [0.15, 0.2) is 5.16 Å². The highest BCUT2D eigenvalue weighted by Gasteiger charge is 2.16. The average molecular weight is 389 g/mol. The van der Waals surface area contributed by atoms with E-state index in [1.165, 1.54) is 23.1 Å². The minimum atomic E-state index is -0.137. The number of hydrogen-bond donors (Lipinski definition) is 1. The Morgan fingerprint density at radius 1 is 1.19 bits per heavy atom. The van der Waals surface area contributed by atoms with Gasteiger partial charge in [-0.05, 0) is 44.4 Å². The molecule has 2 aromatic heterocycles. The summed E-state index contributed by atoms with van der Waals surface area (Å²) in [5.41, 5.74) is 3.33. The number of rotatable bonds is 6. The summed E-state index contributed by atoms with van der Waals surface area (Å²) in [7, 11) is 0.